The zero-order valence-electron chi connectivity index (χ0n) is 12.6. The van der Waals surface area contributed by atoms with Crippen LogP contribution in [0.15, 0.2) is 24.4 Å². The molecule has 0 aliphatic carbocycles. The van der Waals surface area contributed by atoms with Gasteiger partial charge in [-0.3, -0.25) is 0 Å². The van der Waals surface area contributed by atoms with E-state index in [-0.39, 0.29) is 0 Å². The van der Waals surface area contributed by atoms with E-state index in [0.29, 0.717) is 11.5 Å². The first kappa shape index (κ1) is 14.6. The SMILES string of the molecule is CC(C)c1cn(CCN(C)C)c2cc(C(=O)O)ccc12. The van der Waals surface area contributed by atoms with E-state index >= 15 is 0 Å². The maximum atomic E-state index is 11.1. The lowest BCUT2D eigenvalue weighted by atomic mass is 10.0. The summed E-state index contributed by atoms with van der Waals surface area (Å²) < 4.78 is 2.16. The molecule has 1 aromatic carbocycles. The van der Waals surface area contributed by atoms with Crippen LogP contribution in [-0.4, -0.2) is 41.2 Å². The third kappa shape index (κ3) is 2.85. The Morgan fingerprint density at radius 1 is 1.35 bits per heavy atom. The molecule has 4 nitrogen and oxygen atoms in total. The first-order chi connectivity index (χ1) is 9.40. The van der Waals surface area contributed by atoms with E-state index in [1.54, 1.807) is 12.1 Å². The first-order valence-corrected chi connectivity index (χ1v) is 6.91. The van der Waals surface area contributed by atoms with Crippen molar-refractivity contribution in [1.29, 1.82) is 0 Å². The van der Waals surface area contributed by atoms with Crippen LogP contribution in [0, 0.1) is 0 Å². The molecule has 0 saturated carbocycles. The molecule has 0 aliphatic heterocycles. The highest BCUT2D eigenvalue weighted by atomic mass is 16.4. The lowest BCUT2D eigenvalue weighted by molar-refractivity contribution is 0.0697. The molecule has 1 N–H and O–H groups in total. The quantitative estimate of drug-likeness (QED) is 0.911. The van der Waals surface area contributed by atoms with Crippen molar-refractivity contribution < 1.29 is 9.90 Å². The summed E-state index contributed by atoms with van der Waals surface area (Å²) in [5.41, 5.74) is 2.63. The van der Waals surface area contributed by atoms with Crippen LogP contribution < -0.4 is 0 Å². The molecular weight excluding hydrogens is 252 g/mol. The highest BCUT2D eigenvalue weighted by Gasteiger charge is 2.13. The van der Waals surface area contributed by atoms with Gasteiger partial charge in [-0.25, -0.2) is 4.79 Å². The second-order valence-electron chi connectivity index (χ2n) is 5.77. The molecule has 2 rings (SSSR count). The van der Waals surface area contributed by atoms with Crippen molar-refractivity contribution in [3.63, 3.8) is 0 Å². The largest absolute Gasteiger partial charge is 0.478 e. The molecular formula is C16H22N2O2. The zero-order chi connectivity index (χ0) is 14.9. The Bertz CT molecular complexity index is 627. The topological polar surface area (TPSA) is 45.5 Å². The molecule has 108 valence electrons. The van der Waals surface area contributed by atoms with Crippen molar-refractivity contribution >= 4 is 16.9 Å². The molecule has 20 heavy (non-hydrogen) atoms. The summed E-state index contributed by atoms with van der Waals surface area (Å²) in [6, 6.07) is 5.40. The molecule has 0 radical (unpaired) electrons. The third-order valence-corrected chi connectivity index (χ3v) is 3.57. The number of carbonyl (C=O) groups is 1. The average Bonchev–Trinajstić information content (AvgIpc) is 2.74. The van der Waals surface area contributed by atoms with E-state index in [4.69, 9.17) is 5.11 Å². The van der Waals surface area contributed by atoms with Crippen LogP contribution in [0.5, 0.6) is 0 Å². The Kier molecular flexibility index (Phi) is 4.14. The van der Waals surface area contributed by atoms with Gasteiger partial charge in [0.2, 0.25) is 0 Å². The first-order valence-electron chi connectivity index (χ1n) is 6.91. The molecule has 0 saturated heterocycles. The fraction of sp³-hybridized carbons (Fsp3) is 0.438. The van der Waals surface area contributed by atoms with Crippen LogP contribution in [0.2, 0.25) is 0 Å². The van der Waals surface area contributed by atoms with Crippen molar-refractivity contribution in [3.05, 3.63) is 35.5 Å². The number of likely N-dealkylation sites (N-methyl/N-ethyl adjacent to an activating group) is 1. The van der Waals surface area contributed by atoms with E-state index in [1.807, 2.05) is 20.2 Å². The molecule has 0 aliphatic rings. The van der Waals surface area contributed by atoms with Gasteiger partial charge in [0.25, 0.3) is 0 Å². The predicted molar refractivity (Wildman–Crippen MR) is 81.5 cm³/mol. The summed E-state index contributed by atoms with van der Waals surface area (Å²) >= 11 is 0. The standard InChI is InChI=1S/C16H22N2O2/c1-11(2)14-10-18(8-7-17(3)4)15-9-12(16(19)20)5-6-13(14)15/h5-6,9-11H,7-8H2,1-4H3,(H,19,20). The van der Waals surface area contributed by atoms with Crippen molar-refractivity contribution in [2.75, 3.05) is 20.6 Å². The van der Waals surface area contributed by atoms with E-state index < -0.39 is 5.97 Å². The van der Waals surface area contributed by atoms with E-state index in [9.17, 15) is 4.79 Å². The minimum atomic E-state index is -0.877. The maximum Gasteiger partial charge on any atom is 0.335 e. The van der Waals surface area contributed by atoms with Crippen LogP contribution in [-0.2, 0) is 6.54 Å². The minimum absolute atomic E-state index is 0.344. The summed E-state index contributed by atoms with van der Waals surface area (Å²) in [5.74, 6) is -0.452. The second-order valence-corrected chi connectivity index (χ2v) is 5.77. The van der Waals surface area contributed by atoms with Gasteiger partial charge in [0, 0.05) is 30.2 Å². The number of hydrogen-bond acceptors (Lipinski definition) is 2. The third-order valence-electron chi connectivity index (χ3n) is 3.57. The van der Waals surface area contributed by atoms with Crippen LogP contribution in [0.25, 0.3) is 10.9 Å². The normalized spacial score (nSPS) is 11.7. The van der Waals surface area contributed by atoms with Crippen LogP contribution in [0.4, 0.5) is 0 Å². The fourth-order valence-electron chi connectivity index (χ4n) is 2.41. The van der Waals surface area contributed by atoms with Crippen molar-refractivity contribution in [3.8, 4) is 0 Å². The van der Waals surface area contributed by atoms with Crippen LogP contribution >= 0.6 is 0 Å². The van der Waals surface area contributed by atoms with Gasteiger partial charge in [0.05, 0.1) is 5.56 Å². The molecule has 4 heteroatoms. The lowest BCUT2D eigenvalue weighted by Crippen LogP contribution is -2.18. The molecule has 1 heterocycles. The van der Waals surface area contributed by atoms with Crippen molar-refractivity contribution in [1.82, 2.24) is 9.47 Å². The number of fused-ring (bicyclic) bond motifs is 1. The predicted octanol–water partition coefficient (Wildman–Crippen LogP) is 3.02. The van der Waals surface area contributed by atoms with Crippen LogP contribution in [0.3, 0.4) is 0 Å². The highest BCUT2D eigenvalue weighted by molar-refractivity contribution is 5.94. The lowest BCUT2D eigenvalue weighted by Gasteiger charge is -2.11. The van der Waals surface area contributed by atoms with Gasteiger partial charge in [0.1, 0.15) is 0 Å². The maximum absolute atomic E-state index is 11.1. The molecule has 0 bridgehead atoms. The minimum Gasteiger partial charge on any atom is -0.478 e. The monoisotopic (exact) mass is 274 g/mol. The van der Waals surface area contributed by atoms with Gasteiger partial charge in [-0.2, -0.15) is 0 Å². The van der Waals surface area contributed by atoms with Gasteiger partial charge in [-0.05, 0) is 37.7 Å². The summed E-state index contributed by atoms with van der Waals surface area (Å²) in [7, 11) is 4.08. The molecule has 1 aromatic heterocycles. The van der Waals surface area contributed by atoms with Crippen molar-refractivity contribution in [2.24, 2.45) is 0 Å². The van der Waals surface area contributed by atoms with E-state index in [2.05, 4.69) is 29.5 Å². The van der Waals surface area contributed by atoms with E-state index in [1.165, 1.54) is 5.56 Å². The Morgan fingerprint density at radius 3 is 2.60 bits per heavy atom. The Balaban J connectivity index is 2.53. The van der Waals surface area contributed by atoms with Gasteiger partial charge in [-0.15, -0.1) is 0 Å². The number of hydrogen-bond donors (Lipinski definition) is 1. The number of carboxylic acids is 1. The number of aromatic carboxylic acids is 1. The van der Waals surface area contributed by atoms with Gasteiger partial charge < -0.3 is 14.6 Å². The number of benzene rings is 1. The molecule has 0 unspecified atom stereocenters. The Labute approximate surface area is 119 Å². The molecule has 0 spiro atoms. The Morgan fingerprint density at radius 2 is 2.05 bits per heavy atom. The average molecular weight is 274 g/mol. The molecule has 0 fully saturated rings. The Hall–Kier alpha value is -1.81. The number of rotatable bonds is 5. The van der Waals surface area contributed by atoms with Crippen molar-refractivity contribution in [2.45, 2.75) is 26.3 Å². The molecule has 0 atom stereocenters. The zero-order valence-corrected chi connectivity index (χ0v) is 12.6. The summed E-state index contributed by atoms with van der Waals surface area (Å²) in [6.07, 6.45) is 2.16. The van der Waals surface area contributed by atoms with Gasteiger partial charge in [0.15, 0.2) is 0 Å². The fourth-order valence-corrected chi connectivity index (χ4v) is 2.41. The number of carboxylic acid groups (broad SMARTS) is 1. The van der Waals surface area contributed by atoms with E-state index in [0.717, 1.165) is 24.0 Å². The summed E-state index contributed by atoms with van der Waals surface area (Å²) in [5, 5.41) is 10.3. The smallest absolute Gasteiger partial charge is 0.335 e. The number of aromatic nitrogens is 1. The second kappa shape index (κ2) is 5.67. The molecule has 0 amide bonds. The summed E-state index contributed by atoms with van der Waals surface area (Å²) in [4.78, 5) is 13.3. The van der Waals surface area contributed by atoms with Crippen LogP contribution in [0.1, 0.15) is 35.7 Å². The molecule has 2 aromatic rings. The highest BCUT2D eigenvalue weighted by Crippen LogP contribution is 2.28. The van der Waals surface area contributed by atoms with Gasteiger partial charge in [-0.1, -0.05) is 19.9 Å². The van der Waals surface area contributed by atoms with Gasteiger partial charge >= 0.3 is 5.97 Å². The summed E-state index contributed by atoms with van der Waals surface area (Å²) in [6.45, 7) is 6.12. The number of nitrogens with zero attached hydrogens (tertiary/aromatic N) is 2.